The lowest BCUT2D eigenvalue weighted by molar-refractivity contribution is -0.384. The molecule has 110 valence electrons. The molecule has 2 rings (SSSR count). The average molecular weight is 301 g/mol. The normalized spacial score (nSPS) is 10.8. The molecule has 1 heterocycles. The summed E-state index contributed by atoms with van der Waals surface area (Å²) in [5, 5.41) is 44.0. The van der Waals surface area contributed by atoms with Gasteiger partial charge in [-0.3, -0.25) is 10.1 Å². The fraction of sp³-hybridized carbons (Fsp3) is 0. The number of benzene rings is 1. The minimum atomic E-state index is -1.35. The van der Waals surface area contributed by atoms with Crippen LogP contribution in [0.4, 0.5) is 11.4 Å². The van der Waals surface area contributed by atoms with Crippen LogP contribution in [-0.4, -0.2) is 36.6 Å². The van der Waals surface area contributed by atoms with Crippen molar-refractivity contribution in [3.05, 3.63) is 45.9 Å². The van der Waals surface area contributed by atoms with Crippen LogP contribution in [0.25, 0.3) is 5.57 Å². The number of anilines is 1. The van der Waals surface area contributed by atoms with Crippen LogP contribution in [-0.2, 0) is 0 Å². The van der Waals surface area contributed by atoms with E-state index in [-0.39, 0.29) is 28.3 Å². The van der Waals surface area contributed by atoms with Crippen LogP contribution in [0.3, 0.4) is 0 Å². The van der Waals surface area contributed by atoms with Gasteiger partial charge in [0.15, 0.2) is 0 Å². The molecule has 0 aliphatic heterocycles. The van der Waals surface area contributed by atoms with E-state index in [4.69, 9.17) is 10.4 Å². The summed E-state index contributed by atoms with van der Waals surface area (Å²) >= 11 is 0. The monoisotopic (exact) mass is 301 g/mol. The number of aromatic amines is 1. The Morgan fingerprint density at radius 2 is 2.32 bits per heavy atom. The number of carboxylic acids is 1. The first-order chi connectivity index (χ1) is 10.5. The first kappa shape index (κ1) is 14.6. The van der Waals surface area contributed by atoms with Crippen molar-refractivity contribution < 1.29 is 14.8 Å². The molecule has 0 bridgehead atoms. The predicted molar refractivity (Wildman–Crippen MR) is 71.4 cm³/mol. The van der Waals surface area contributed by atoms with E-state index in [9.17, 15) is 14.9 Å². The van der Waals surface area contributed by atoms with Gasteiger partial charge in [0.05, 0.1) is 16.2 Å². The third-order valence-electron chi connectivity index (χ3n) is 2.52. The number of nitriles is 1. The van der Waals surface area contributed by atoms with Gasteiger partial charge in [-0.2, -0.15) is 10.5 Å². The van der Waals surface area contributed by atoms with E-state index in [0.29, 0.717) is 0 Å². The van der Waals surface area contributed by atoms with Gasteiger partial charge < -0.3 is 10.4 Å². The second-order valence-electron chi connectivity index (χ2n) is 3.84. The molecule has 0 saturated carbocycles. The molecule has 11 nitrogen and oxygen atoms in total. The Morgan fingerprint density at radius 1 is 1.55 bits per heavy atom. The van der Waals surface area contributed by atoms with Gasteiger partial charge in [0.2, 0.25) is 5.82 Å². The van der Waals surface area contributed by atoms with E-state index in [0.717, 1.165) is 12.1 Å². The summed E-state index contributed by atoms with van der Waals surface area (Å²) in [7, 11) is 0. The summed E-state index contributed by atoms with van der Waals surface area (Å²) < 4.78 is 0. The van der Waals surface area contributed by atoms with E-state index in [1.54, 1.807) is 0 Å². The number of nitro benzene ring substituents is 1. The lowest BCUT2D eigenvalue weighted by atomic mass is 10.1. The van der Waals surface area contributed by atoms with Crippen molar-refractivity contribution in [1.29, 1.82) is 5.26 Å². The average Bonchev–Trinajstić information content (AvgIpc) is 3.02. The van der Waals surface area contributed by atoms with Crippen molar-refractivity contribution in [2.75, 3.05) is 5.32 Å². The molecule has 0 spiro atoms. The number of H-pyrrole nitrogens is 1. The fourth-order valence-electron chi connectivity index (χ4n) is 1.52. The number of non-ortho nitro benzene ring substituents is 1. The number of allylic oxidation sites excluding steroid dienone is 1. The minimum Gasteiger partial charge on any atom is -0.478 e. The molecule has 0 aliphatic rings. The highest BCUT2D eigenvalue weighted by atomic mass is 16.6. The van der Waals surface area contributed by atoms with Gasteiger partial charge in [-0.05, 0) is 11.3 Å². The van der Waals surface area contributed by atoms with E-state index in [2.05, 4.69) is 25.9 Å². The van der Waals surface area contributed by atoms with Crippen LogP contribution in [0.5, 0.6) is 0 Å². The quantitative estimate of drug-likeness (QED) is 0.410. The number of nitrogens with zero attached hydrogens (tertiary/aromatic N) is 5. The van der Waals surface area contributed by atoms with Crippen molar-refractivity contribution in [3.8, 4) is 6.07 Å². The lowest BCUT2D eigenvalue weighted by Crippen LogP contribution is -2.04. The van der Waals surface area contributed by atoms with Crippen LogP contribution in [0, 0.1) is 21.4 Å². The van der Waals surface area contributed by atoms with Gasteiger partial charge >= 0.3 is 5.97 Å². The Morgan fingerprint density at radius 3 is 2.86 bits per heavy atom. The Bertz CT molecular complexity index is 791. The topological polar surface area (TPSA) is 171 Å². The highest BCUT2D eigenvalue weighted by Gasteiger charge is 2.16. The van der Waals surface area contributed by atoms with Gasteiger partial charge in [0.1, 0.15) is 11.6 Å². The van der Waals surface area contributed by atoms with Crippen LogP contribution in [0.2, 0.25) is 0 Å². The third kappa shape index (κ3) is 3.02. The number of tetrazole rings is 1. The predicted octanol–water partition coefficient (Wildman–Crippen LogP) is 0.783. The zero-order valence-corrected chi connectivity index (χ0v) is 10.7. The first-order valence-corrected chi connectivity index (χ1v) is 5.65. The largest absolute Gasteiger partial charge is 0.478 e. The second kappa shape index (κ2) is 6.09. The minimum absolute atomic E-state index is 0.00319. The number of hydrogen-bond donors (Lipinski definition) is 3. The standard InChI is InChI=1S/C11H7N7O4/c12-4-6(10-14-16-17-15-10)5-13-9-2-1-7(18(21)22)3-8(9)11(19)20/h1-3,5,13H,(H,19,20)(H,14,15,16,17). The van der Waals surface area contributed by atoms with Crippen molar-refractivity contribution in [1.82, 2.24) is 20.6 Å². The number of nitro groups is 1. The molecule has 1 aromatic carbocycles. The zero-order valence-electron chi connectivity index (χ0n) is 10.7. The fourth-order valence-corrected chi connectivity index (χ4v) is 1.52. The summed E-state index contributed by atoms with van der Waals surface area (Å²) in [6.45, 7) is 0. The van der Waals surface area contributed by atoms with Crippen LogP contribution >= 0.6 is 0 Å². The van der Waals surface area contributed by atoms with Gasteiger partial charge in [0.25, 0.3) is 5.69 Å². The Labute approximate surface area is 122 Å². The molecule has 0 unspecified atom stereocenters. The molecule has 3 N–H and O–H groups in total. The van der Waals surface area contributed by atoms with Crippen molar-refractivity contribution in [2.24, 2.45) is 0 Å². The number of rotatable bonds is 5. The number of aromatic nitrogens is 4. The molecule has 0 fully saturated rings. The number of aromatic carboxylic acids is 1. The molecule has 11 heteroatoms. The van der Waals surface area contributed by atoms with Gasteiger partial charge in [0, 0.05) is 18.3 Å². The molecule has 0 saturated heterocycles. The molecule has 0 amide bonds. The SMILES string of the molecule is N#CC(=CNc1ccc([N+](=O)[O-])cc1C(=O)O)c1nn[nH]n1. The molecule has 0 radical (unpaired) electrons. The number of hydrogen-bond acceptors (Lipinski definition) is 8. The summed E-state index contributed by atoms with van der Waals surface area (Å²) in [5.74, 6) is -1.33. The number of carboxylic acid groups (broad SMARTS) is 1. The highest BCUT2D eigenvalue weighted by Crippen LogP contribution is 2.22. The van der Waals surface area contributed by atoms with Crippen LogP contribution in [0.1, 0.15) is 16.2 Å². The summed E-state index contributed by atoms with van der Waals surface area (Å²) in [5.41, 5.74) is -0.584. The van der Waals surface area contributed by atoms with E-state index in [1.165, 1.54) is 12.3 Å². The Hall–Kier alpha value is -3.81. The maximum Gasteiger partial charge on any atom is 0.338 e. The van der Waals surface area contributed by atoms with Crippen molar-refractivity contribution in [3.63, 3.8) is 0 Å². The summed E-state index contributed by atoms with van der Waals surface area (Å²) in [6, 6.07) is 5.09. The Balaban J connectivity index is 2.35. The highest BCUT2D eigenvalue weighted by molar-refractivity contribution is 5.95. The first-order valence-electron chi connectivity index (χ1n) is 5.65. The molecule has 0 aliphatic carbocycles. The maximum atomic E-state index is 11.2. The number of carbonyl (C=O) groups is 1. The Kier molecular flexibility index (Phi) is 4.04. The van der Waals surface area contributed by atoms with Crippen molar-refractivity contribution in [2.45, 2.75) is 0 Å². The van der Waals surface area contributed by atoms with Crippen molar-refractivity contribution >= 4 is 22.9 Å². The van der Waals surface area contributed by atoms with Crippen LogP contribution < -0.4 is 5.32 Å². The third-order valence-corrected chi connectivity index (χ3v) is 2.52. The molecular formula is C11H7N7O4. The summed E-state index contributed by atoms with van der Waals surface area (Å²) in [4.78, 5) is 21.1. The molecule has 2 aromatic rings. The van der Waals surface area contributed by atoms with Crippen LogP contribution in [0.15, 0.2) is 24.4 Å². The molecular weight excluding hydrogens is 294 g/mol. The van der Waals surface area contributed by atoms with E-state index in [1.807, 2.05) is 6.07 Å². The molecule has 0 atom stereocenters. The number of nitrogens with one attached hydrogen (secondary N) is 2. The molecule has 1 aromatic heterocycles. The molecule has 22 heavy (non-hydrogen) atoms. The lowest BCUT2D eigenvalue weighted by Gasteiger charge is -2.05. The smallest absolute Gasteiger partial charge is 0.338 e. The van der Waals surface area contributed by atoms with Gasteiger partial charge in [-0.15, -0.1) is 10.2 Å². The van der Waals surface area contributed by atoms with E-state index < -0.39 is 10.9 Å². The summed E-state index contributed by atoms with van der Waals surface area (Å²) in [6.07, 6.45) is 1.18. The van der Waals surface area contributed by atoms with Gasteiger partial charge in [-0.25, -0.2) is 4.79 Å². The maximum absolute atomic E-state index is 11.2. The van der Waals surface area contributed by atoms with E-state index >= 15 is 0 Å². The second-order valence-corrected chi connectivity index (χ2v) is 3.84. The van der Waals surface area contributed by atoms with Gasteiger partial charge in [-0.1, -0.05) is 0 Å². The zero-order chi connectivity index (χ0) is 16.1.